The molecule has 1 aromatic heterocycles. The molecule has 0 unspecified atom stereocenters. The lowest BCUT2D eigenvalue weighted by Gasteiger charge is -2.28. The topological polar surface area (TPSA) is 51.6 Å². The number of hydrogen-bond acceptors (Lipinski definition) is 5. The Morgan fingerprint density at radius 2 is 2.09 bits per heavy atom. The minimum Gasteiger partial charge on any atom is -0.392 e. The molecular formula is C18H30N4O. The Hall–Kier alpha value is -1.01. The Balaban J connectivity index is 1.37. The fourth-order valence-electron chi connectivity index (χ4n) is 3.82. The highest BCUT2D eigenvalue weighted by atomic mass is 16.3. The minimum atomic E-state index is 0.0848. The minimum absolute atomic E-state index is 0.0848. The van der Waals surface area contributed by atoms with E-state index in [-0.39, 0.29) is 6.61 Å². The van der Waals surface area contributed by atoms with Gasteiger partial charge in [-0.2, -0.15) is 0 Å². The van der Waals surface area contributed by atoms with Crippen molar-refractivity contribution in [3.63, 3.8) is 0 Å². The van der Waals surface area contributed by atoms with Crippen LogP contribution in [0.2, 0.25) is 0 Å². The predicted octanol–water partition coefficient (Wildman–Crippen LogP) is 1.22. The maximum absolute atomic E-state index is 9.16. The molecule has 3 heterocycles. The number of rotatable bonds is 8. The van der Waals surface area contributed by atoms with Crippen molar-refractivity contribution >= 4 is 0 Å². The quantitative estimate of drug-likeness (QED) is 0.706. The summed E-state index contributed by atoms with van der Waals surface area (Å²) in [6.45, 7) is 8.10. The largest absolute Gasteiger partial charge is 0.392 e. The summed E-state index contributed by atoms with van der Waals surface area (Å²) >= 11 is 0. The average Bonchev–Trinajstić information content (AvgIpc) is 3.24. The normalized spacial score (nSPS) is 22.9. The first-order valence-electron chi connectivity index (χ1n) is 9.07. The molecule has 2 aliphatic heterocycles. The van der Waals surface area contributed by atoms with Crippen LogP contribution in [0.1, 0.15) is 36.9 Å². The summed E-state index contributed by atoms with van der Waals surface area (Å²) in [5, 5.41) is 12.7. The van der Waals surface area contributed by atoms with Gasteiger partial charge in [0.1, 0.15) is 0 Å². The third kappa shape index (κ3) is 4.98. The highest BCUT2D eigenvalue weighted by Crippen LogP contribution is 2.19. The molecule has 5 nitrogen and oxygen atoms in total. The van der Waals surface area contributed by atoms with Gasteiger partial charge >= 0.3 is 0 Å². The van der Waals surface area contributed by atoms with Gasteiger partial charge in [0.15, 0.2) is 0 Å². The number of hydrogen-bond donors (Lipinski definition) is 2. The lowest BCUT2D eigenvalue weighted by Crippen LogP contribution is -2.42. The van der Waals surface area contributed by atoms with Gasteiger partial charge < -0.3 is 15.3 Å². The molecule has 0 saturated carbocycles. The van der Waals surface area contributed by atoms with E-state index in [1.807, 2.05) is 12.1 Å². The lowest BCUT2D eigenvalue weighted by atomic mass is 10.2. The summed E-state index contributed by atoms with van der Waals surface area (Å²) < 4.78 is 0. The van der Waals surface area contributed by atoms with Crippen LogP contribution in [0.5, 0.6) is 0 Å². The van der Waals surface area contributed by atoms with Gasteiger partial charge in [-0.15, -0.1) is 0 Å². The van der Waals surface area contributed by atoms with Gasteiger partial charge in [0.05, 0.1) is 12.3 Å². The maximum Gasteiger partial charge on any atom is 0.0683 e. The lowest BCUT2D eigenvalue weighted by molar-refractivity contribution is 0.192. The molecule has 1 atom stereocenters. The first-order chi connectivity index (χ1) is 11.3. The van der Waals surface area contributed by atoms with Gasteiger partial charge in [0.2, 0.25) is 0 Å². The van der Waals surface area contributed by atoms with Crippen LogP contribution >= 0.6 is 0 Å². The third-order valence-corrected chi connectivity index (χ3v) is 5.11. The summed E-state index contributed by atoms with van der Waals surface area (Å²) in [5.74, 6) is 0. The Kier molecular flexibility index (Phi) is 6.39. The number of nitrogens with zero attached hydrogens (tertiary/aromatic N) is 3. The molecule has 0 aliphatic carbocycles. The second-order valence-corrected chi connectivity index (χ2v) is 6.83. The van der Waals surface area contributed by atoms with Crippen LogP contribution in [0.3, 0.4) is 0 Å². The summed E-state index contributed by atoms with van der Waals surface area (Å²) in [4.78, 5) is 9.64. The van der Waals surface area contributed by atoms with Gasteiger partial charge in [0, 0.05) is 38.4 Å². The number of aromatic nitrogens is 1. The Morgan fingerprint density at radius 3 is 2.91 bits per heavy atom. The van der Waals surface area contributed by atoms with Crippen LogP contribution in [-0.2, 0) is 13.2 Å². The van der Waals surface area contributed by atoms with Crippen LogP contribution in [0, 0.1) is 0 Å². The van der Waals surface area contributed by atoms with E-state index in [4.69, 9.17) is 5.11 Å². The van der Waals surface area contributed by atoms with E-state index in [1.54, 1.807) is 6.20 Å². The number of aliphatic hydroxyl groups excluding tert-OH is 1. The van der Waals surface area contributed by atoms with Crippen molar-refractivity contribution in [2.24, 2.45) is 0 Å². The van der Waals surface area contributed by atoms with Crippen LogP contribution in [0.4, 0.5) is 0 Å². The molecule has 3 rings (SSSR count). The molecule has 2 saturated heterocycles. The second-order valence-electron chi connectivity index (χ2n) is 6.83. The smallest absolute Gasteiger partial charge is 0.0683 e. The van der Waals surface area contributed by atoms with Gasteiger partial charge in [0.25, 0.3) is 0 Å². The summed E-state index contributed by atoms with van der Waals surface area (Å²) in [5.41, 5.74) is 1.94. The molecular weight excluding hydrogens is 288 g/mol. The monoisotopic (exact) mass is 318 g/mol. The van der Waals surface area contributed by atoms with E-state index in [0.29, 0.717) is 0 Å². The fourth-order valence-corrected chi connectivity index (χ4v) is 3.82. The predicted molar refractivity (Wildman–Crippen MR) is 92.1 cm³/mol. The zero-order chi connectivity index (χ0) is 15.9. The van der Waals surface area contributed by atoms with Crippen LogP contribution in [0.25, 0.3) is 0 Å². The van der Waals surface area contributed by atoms with Gasteiger partial charge in [-0.3, -0.25) is 9.88 Å². The molecule has 0 amide bonds. The highest BCUT2D eigenvalue weighted by Gasteiger charge is 2.26. The van der Waals surface area contributed by atoms with Gasteiger partial charge in [-0.25, -0.2) is 0 Å². The first-order valence-corrected chi connectivity index (χ1v) is 9.07. The standard InChI is InChI=1S/C18H30N4O/c23-15-16-5-6-20-17(12-16)13-19-7-11-22-10-3-4-18(22)14-21-8-1-2-9-21/h5-6,12,18-19,23H,1-4,7-11,13-15H2/t18-/m1/s1. The second kappa shape index (κ2) is 8.73. The van der Waals surface area contributed by atoms with E-state index in [9.17, 15) is 0 Å². The van der Waals surface area contributed by atoms with Gasteiger partial charge in [-0.1, -0.05) is 0 Å². The van der Waals surface area contributed by atoms with Crippen molar-refractivity contribution in [1.82, 2.24) is 20.1 Å². The zero-order valence-electron chi connectivity index (χ0n) is 14.1. The van der Waals surface area contributed by atoms with E-state index >= 15 is 0 Å². The van der Waals surface area contributed by atoms with Crippen molar-refractivity contribution in [2.45, 2.75) is 44.9 Å². The summed E-state index contributed by atoms with van der Waals surface area (Å²) in [6, 6.07) is 4.58. The summed E-state index contributed by atoms with van der Waals surface area (Å²) in [7, 11) is 0. The number of pyridine rings is 1. The molecule has 0 radical (unpaired) electrons. The molecule has 5 heteroatoms. The molecule has 23 heavy (non-hydrogen) atoms. The zero-order valence-corrected chi connectivity index (χ0v) is 14.1. The van der Waals surface area contributed by atoms with E-state index in [1.165, 1.54) is 51.9 Å². The molecule has 2 fully saturated rings. The van der Waals surface area contributed by atoms with E-state index in [2.05, 4.69) is 20.1 Å². The van der Waals surface area contributed by atoms with Crippen LogP contribution < -0.4 is 5.32 Å². The Morgan fingerprint density at radius 1 is 1.22 bits per heavy atom. The molecule has 0 aromatic carbocycles. The van der Waals surface area contributed by atoms with Gasteiger partial charge in [-0.05, 0) is 63.0 Å². The van der Waals surface area contributed by atoms with Crippen molar-refractivity contribution < 1.29 is 5.11 Å². The number of aliphatic hydroxyl groups is 1. The first kappa shape index (κ1) is 16.8. The molecule has 0 bridgehead atoms. The molecule has 0 spiro atoms. The molecule has 2 aliphatic rings. The molecule has 128 valence electrons. The molecule has 1 aromatic rings. The number of nitrogens with one attached hydrogen (secondary N) is 1. The molecule has 2 N–H and O–H groups in total. The summed E-state index contributed by atoms with van der Waals surface area (Å²) in [6.07, 6.45) is 7.24. The van der Waals surface area contributed by atoms with E-state index in [0.717, 1.165) is 36.9 Å². The van der Waals surface area contributed by atoms with Crippen molar-refractivity contribution in [3.05, 3.63) is 29.6 Å². The Bertz CT molecular complexity index is 476. The van der Waals surface area contributed by atoms with E-state index < -0.39 is 0 Å². The van der Waals surface area contributed by atoms with Crippen LogP contribution in [0.15, 0.2) is 18.3 Å². The Labute approximate surface area is 139 Å². The SMILES string of the molecule is OCc1ccnc(CNCCN2CCC[C@@H]2CN2CCCC2)c1. The van der Waals surface area contributed by atoms with Crippen molar-refractivity contribution in [3.8, 4) is 0 Å². The van der Waals surface area contributed by atoms with Crippen molar-refractivity contribution in [2.75, 3.05) is 39.3 Å². The van der Waals surface area contributed by atoms with Crippen molar-refractivity contribution in [1.29, 1.82) is 0 Å². The number of likely N-dealkylation sites (tertiary alicyclic amines) is 2. The highest BCUT2D eigenvalue weighted by molar-refractivity contribution is 5.15. The fraction of sp³-hybridized carbons (Fsp3) is 0.722. The maximum atomic E-state index is 9.16. The third-order valence-electron chi connectivity index (χ3n) is 5.11. The average molecular weight is 318 g/mol. The van der Waals surface area contributed by atoms with Crippen LogP contribution in [-0.4, -0.2) is 65.2 Å².